The number of benzene rings is 1. The van der Waals surface area contributed by atoms with E-state index in [0.29, 0.717) is 12.8 Å². The maximum atomic E-state index is 11.7. The molecule has 1 aromatic carbocycles. The van der Waals surface area contributed by atoms with Crippen molar-refractivity contribution in [1.82, 2.24) is 0 Å². The van der Waals surface area contributed by atoms with Gasteiger partial charge in [-0.1, -0.05) is 31.2 Å². The molecule has 0 saturated heterocycles. The van der Waals surface area contributed by atoms with Crippen molar-refractivity contribution >= 4 is 15.8 Å². The third kappa shape index (κ3) is 5.33. The van der Waals surface area contributed by atoms with Gasteiger partial charge in [-0.25, -0.2) is 8.42 Å². The lowest BCUT2D eigenvalue weighted by Crippen LogP contribution is -2.22. The highest BCUT2D eigenvalue weighted by molar-refractivity contribution is 7.91. The van der Waals surface area contributed by atoms with E-state index in [9.17, 15) is 18.3 Å². The van der Waals surface area contributed by atoms with Gasteiger partial charge in [-0.3, -0.25) is 4.79 Å². The second-order valence-electron chi connectivity index (χ2n) is 5.11. The predicted molar refractivity (Wildman–Crippen MR) is 79.6 cm³/mol. The highest BCUT2D eigenvalue weighted by Gasteiger charge is 2.21. The first kappa shape index (κ1) is 16.7. The van der Waals surface area contributed by atoms with E-state index in [2.05, 4.69) is 0 Å². The molecule has 5 heteroatoms. The van der Waals surface area contributed by atoms with Crippen LogP contribution in [-0.2, 0) is 21.1 Å². The zero-order chi connectivity index (χ0) is 15.2. The van der Waals surface area contributed by atoms with Gasteiger partial charge in [-0.2, -0.15) is 0 Å². The molecular weight excluding hydrogens is 276 g/mol. The first-order valence-electron chi connectivity index (χ1n) is 6.83. The Morgan fingerprint density at radius 2 is 1.90 bits per heavy atom. The molecule has 0 radical (unpaired) electrons. The Morgan fingerprint density at radius 3 is 2.45 bits per heavy atom. The second kappa shape index (κ2) is 7.43. The first-order chi connectivity index (χ1) is 9.35. The number of carboxylic acids is 1. The quantitative estimate of drug-likeness (QED) is 0.800. The molecule has 0 aliphatic rings. The molecule has 0 aromatic heterocycles. The van der Waals surface area contributed by atoms with Crippen LogP contribution >= 0.6 is 0 Å². The summed E-state index contributed by atoms with van der Waals surface area (Å²) in [5.41, 5.74) is 2.00. The van der Waals surface area contributed by atoms with Crippen molar-refractivity contribution in [3.63, 3.8) is 0 Å². The van der Waals surface area contributed by atoms with Crippen LogP contribution in [0.1, 0.15) is 30.9 Å². The number of aliphatic carboxylic acids is 1. The number of hydrogen-bond donors (Lipinski definition) is 1. The van der Waals surface area contributed by atoms with Crippen LogP contribution < -0.4 is 0 Å². The summed E-state index contributed by atoms with van der Waals surface area (Å²) in [6.07, 6.45) is 1.12. The van der Waals surface area contributed by atoms with E-state index >= 15 is 0 Å². The van der Waals surface area contributed by atoms with Gasteiger partial charge in [-0.05, 0) is 37.3 Å². The molecule has 0 fully saturated rings. The minimum Gasteiger partial charge on any atom is -0.481 e. The maximum Gasteiger partial charge on any atom is 0.306 e. The Hall–Kier alpha value is -1.36. The average Bonchev–Trinajstić information content (AvgIpc) is 2.36. The minimum atomic E-state index is -3.13. The van der Waals surface area contributed by atoms with Crippen molar-refractivity contribution in [2.45, 2.75) is 33.1 Å². The van der Waals surface area contributed by atoms with Crippen LogP contribution in [0.3, 0.4) is 0 Å². The zero-order valence-corrected chi connectivity index (χ0v) is 12.8. The Balaban J connectivity index is 2.72. The highest BCUT2D eigenvalue weighted by Crippen LogP contribution is 2.17. The molecule has 0 spiro atoms. The molecule has 1 rings (SSSR count). The molecule has 1 aromatic rings. The zero-order valence-electron chi connectivity index (χ0n) is 12.0. The fourth-order valence-corrected chi connectivity index (χ4v) is 3.62. The number of rotatable bonds is 8. The molecule has 4 nitrogen and oxygen atoms in total. The number of sulfone groups is 1. The Labute approximate surface area is 120 Å². The van der Waals surface area contributed by atoms with Crippen molar-refractivity contribution in [3.05, 3.63) is 35.4 Å². The Kier molecular flexibility index (Phi) is 6.20. The molecule has 20 heavy (non-hydrogen) atoms. The summed E-state index contributed by atoms with van der Waals surface area (Å²) in [7, 11) is -3.13. The topological polar surface area (TPSA) is 71.4 Å². The van der Waals surface area contributed by atoms with Crippen LogP contribution in [0.4, 0.5) is 0 Å². The second-order valence-corrected chi connectivity index (χ2v) is 7.41. The fourth-order valence-electron chi connectivity index (χ4n) is 2.15. The van der Waals surface area contributed by atoms with E-state index in [1.165, 1.54) is 0 Å². The number of aryl methyl sites for hydroxylation is 1. The molecule has 0 heterocycles. The highest BCUT2D eigenvalue weighted by atomic mass is 32.2. The number of carboxylic acid groups (broad SMARTS) is 1. The van der Waals surface area contributed by atoms with Crippen LogP contribution in [-0.4, -0.2) is 31.0 Å². The predicted octanol–water partition coefficient (Wildman–Crippen LogP) is 2.45. The molecule has 0 aliphatic heterocycles. The normalized spacial score (nSPS) is 13.1. The standard InChI is InChI=1S/C15H22O4S/c1-3-9-20(18,19)10-8-14(15(16)17)11-13-7-5-4-6-12(13)2/h4-7,14H,3,8-11H2,1-2H3,(H,16,17). The van der Waals surface area contributed by atoms with Gasteiger partial charge in [0.15, 0.2) is 0 Å². The lowest BCUT2D eigenvalue weighted by atomic mass is 9.94. The van der Waals surface area contributed by atoms with E-state index < -0.39 is 21.7 Å². The van der Waals surface area contributed by atoms with E-state index in [0.717, 1.165) is 11.1 Å². The van der Waals surface area contributed by atoms with E-state index in [1.54, 1.807) is 6.92 Å². The number of carbonyl (C=O) groups is 1. The molecule has 0 aliphatic carbocycles. The average molecular weight is 298 g/mol. The molecule has 1 unspecified atom stereocenters. The van der Waals surface area contributed by atoms with E-state index in [4.69, 9.17) is 0 Å². The smallest absolute Gasteiger partial charge is 0.306 e. The minimum absolute atomic E-state index is 0.0519. The summed E-state index contributed by atoms with van der Waals surface area (Å²) in [6, 6.07) is 7.60. The van der Waals surface area contributed by atoms with Gasteiger partial charge < -0.3 is 5.11 Å². The summed E-state index contributed by atoms with van der Waals surface area (Å²) in [6.45, 7) is 3.74. The maximum absolute atomic E-state index is 11.7. The number of hydrogen-bond acceptors (Lipinski definition) is 3. The summed E-state index contributed by atoms with van der Waals surface area (Å²) >= 11 is 0. The Morgan fingerprint density at radius 1 is 1.25 bits per heavy atom. The van der Waals surface area contributed by atoms with Gasteiger partial charge in [0.1, 0.15) is 9.84 Å². The monoisotopic (exact) mass is 298 g/mol. The summed E-state index contributed by atoms with van der Waals surface area (Å²) in [5, 5.41) is 9.26. The van der Waals surface area contributed by atoms with Crippen molar-refractivity contribution < 1.29 is 18.3 Å². The molecule has 1 atom stereocenters. The summed E-state index contributed by atoms with van der Waals surface area (Å²) in [5.74, 6) is -1.50. The lowest BCUT2D eigenvalue weighted by Gasteiger charge is -2.14. The van der Waals surface area contributed by atoms with Crippen LogP contribution in [0.5, 0.6) is 0 Å². The van der Waals surface area contributed by atoms with Crippen LogP contribution in [0, 0.1) is 12.8 Å². The van der Waals surface area contributed by atoms with Gasteiger partial charge in [0.25, 0.3) is 0 Å². The van der Waals surface area contributed by atoms with Crippen molar-refractivity contribution in [1.29, 1.82) is 0 Å². The molecular formula is C15H22O4S. The molecule has 1 N–H and O–H groups in total. The molecule has 0 saturated carbocycles. The van der Waals surface area contributed by atoms with Gasteiger partial charge >= 0.3 is 5.97 Å². The van der Waals surface area contributed by atoms with E-state index in [1.807, 2.05) is 31.2 Å². The van der Waals surface area contributed by atoms with Crippen molar-refractivity contribution in [3.8, 4) is 0 Å². The van der Waals surface area contributed by atoms with Gasteiger partial charge in [0.05, 0.1) is 11.7 Å². The molecule has 0 amide bonds. The fraction of sp³-hybridized carbons (Fsp3) is 0.533. The lowest BCUT2D eigenvalue weighted by molar-refractivity contribution is -0.141. The van der Waals surface area contributed by atoms with Gasteiger partial charge in [0.2, 0.25) is 0 Å². The largest absolute Gasteiger partial charge is 0.481 e. The third-order valence-corrected chi connectivity index (χ3v) is 5.26. The molecule has 112 valence electrons. The summed E-state index contributed by atoms with van der Waals surface area (Å²) < 4.78 is 23.4. The van der Waals surface area contributed by atoms with Crippen LogP contribution in [0.25, 0.3) is 0 Å². The van der Waals surface area contributed by atoms with Gasteiger partial charge in [0, 0.05) is 5.75 Å². The van der Waals surface area contributed by atoms with Crippen molar-refractivity contribution in [2.75, 3.05) is 11.5 Å². The van der Waals surface area contributed by atoms with Gasteiger partial charge in [-0.15, -0.1) is 0 Å². The van der Waals surface area contributed by atoms with Crippen LogP contribution in [0.2, 0.25) is 0 Å². The Bertz CT molecular complexity index is 549. The van der Waals surface area contributed by atoms with E-state index in [-0.39, 0.29) is 17.9 Å². The van der Waals surface area contributed by atoms with Crippen LogP contribution in [0.15, 0.2) is 24.3 Å². The van der Waals surface area contributed by atoms with Crippen molar-refractivity contribution in [2.24, 2.45) is 5.92 Å². The third-order valence-electron chi connectivity index (χ3n) is 3.37. The molecule has 0 bridgehead atoms. The summed E-state index contributed by atoms with van der Waals surface area (Å²) in [4.78, 5) is 11.3. The SMILES string of the molecule is CCCS(=O)(=O)CCC(Cc1ccccc1C)C(=O)O. The first-order valence-corrected chi connectivity index (χ1v) is 8.65.